The molecule has 0 aromatic rings. The summed E-state index contributed by atoms with van der Waals surface area (Å²) in [6, 6.07) is 0.455. The molecule has 0 radical (unpaired) electrons. The lowest BCUT2D eigenvalue weighted by atomic mass is 10.0. The predicted octanol–water partition coefficient (Wildman–Crippen LogP) is 0.610. The third-order valence-corrected chi connectivity index (χ3v) is 2.49. The van der Waals surface area contributed by atoms with Crippen molar-refractivity contribution in [2.24, 2.45) is 0 Å². The molecule has 1 N–H and O–H groups in total. The third-order valence-electron chi connectivity index (χ3n) is 2.49. The first-order chi connectivity index (χ1) is 6.74. The Hall–Kier alpha value is -1.01. The van der Waals surface area contributed by atoms with Gasteiger partial charge < -0.3 is 10.2 Å². The minimum absolute atomic E-state index is 0.0835. The van der Waals surface area contributed by atoms with Crippen molar-refractivity contribution in [2.45, 2.75) is 32.2 Å². The normalized spacial score (nSPS) is 20.9. The molecule has 1 unspecified atom stereocenters. The van der Waals surface area contributed by atoms with Crippen molar-refractivity contribution in [3.05, 3.63) is 0 Å². The number of carbonyl (C=O) groups is 1. The predicted molar refractivity (Wildman–Crippen MR) is 56.7 cm³/mol. The Kier molecular flexibility index (Phi) is 4.48. The molecule has 3 heteroatoms. The highest BCUT2D eigenvalue weighted by Gasteiger charge is 2.16. The molecule has 1 aliphatic rings. The average Bonchev–Trinajstić information content (AvgIpc) is 2.19. The Bertz CT molecular complexity index is 246. The van der Waals surface area contributed by atoms with Crippen LogP contribution in [0.5, 0.6) is 0 Å². The molecule has 1 rings (SSSR count). The first-order valence-corrected chi connectivity index (χ1v) is 5.15. The van der Waals surface area contributed by atoms with E-state index in [9.17, 15) is 4.79 Å². The Morgan fingerprint density at radius 2 is 2.36 bits per heavy atom. The van der Waals surface area contributed by atoms with E-state index in [-0.39, 0.29) is 5.91 Å². The standard InChI is InChI=1S/C11H18N2O/c1-3-6-11(14)13(2)9-10-7-4-5-8-12-10/h10,12H,4-5,7-9H2,1-2H3. The number of amides is 1. The molecule has 3 nitrogen and oxygen atoms in total. The van der Waals surface area contributed by atoms with Crippen molar-refractivity contribution >= 4 is 5.91 Å². The van der Waals surface area contributed by atoms with Crippen LogP contribution in [-0.2, 0) is 4.79 Å². The number of piperidine rings is 1. The van der Waals surface area contributed by atoms with Gasteiger partial charge in [-0.05, 0) is 32.2 Å². The number of nitrogens with zero attached hydrogens (tertiary/aromatic N) is 1. The summed E-state index contributed by atoms with van der Waals surface area (Å²) in [6.45, 7) is 3.53. The Morgan fingerprint density at radius 3 is 2.93 bits per heavy atom. The summed E-state index contributed by atoms with van der Waals surface area (Å²) in [6.07, 6.45) is 3.68. The van der Waals surface area contributed by atoms with E-state index in [1.807, 2.05) is 7.05 Å². The van der Waals surface area contributed by atoms with E-state index in [2.05, 4.69) is 17.2 Å². The van der Waals surface area contributed by atoms with Gasteiger partial charge in [0.1, 0.15) is 0 Å². The molecule has 1 atom stereocenters. The molecule has 1 aliphatic heterocycles. The third kappa shape index (κ3) is 3.39. The molecule has 0 aromatic carbocycles. The zero-order valence-electron chi connectivity index (χ0n) is 8.97. The number of hydrogen-bond acceptors (Lipinski definition) is 2. The molecule has 0 bridgehead atoms. The second-order valence-corrected chi connectivity index (χ2v) is 3.71. The van der Waals surface area contributed by atoms with Crippen LogP contribution in [0.3, 0.4) is 0 Å². The molecule has 1 saturated heterocycles. The lowest BCUT2D eigenvalue weighted by Gasteiger charge is -2.27. The van der Waals surface area contributed by atoms with E-state index < -0.39 is 0 Å². The summed E-state index contributed by atoms with van der Waals surface area (Å²) in [7, 11) is 1.81. The van der Waals surface area contributed by atoms with Crippen molar-refractivity contribution in [3.63, 3.8) is 0 Å². The summed E-state index contributed by atoms with van der Waals surface area (Å²) in [5, 5.41) is 3.40. The zero-order valence-corrected chi connectivity index (χ0v) is 8.97. The molecule has 1 fully saturated rings. The van der Waals surface area contributed by atoms with Crippen LogP contribution < -0.4 is 5.32 Å². The van der Waals surface area contributed by atoms with E-state index >= 15 is 0 Å². The van der Waals surface area contributed by atoms with Gasteiger partial charge in [-0.2, -0.15) is 0 Å². The van der Waals surface area contributed by atoms with E-state index in [1.54, 1.807) is 11.8 Å². The zero-order chi connectivity index (χ0) is 10.4. The van der Waals surface area contributed by atoms with Gasteiger partial charge in [-0.3, -0.25) is 4.79 Å². The summed E-state index contributed by atoms with van der Waals surface area (Å²) >= 11 is 0. The van der Waals surface area contributed by atoms with E-state index in [4.69, 9.17) is 0 Å². The monoisotopic (exact) mass is 194 g/mol. The maximum Gasteiger partial charge on any atom is 0.298 e. The van der Waals surface area contributed by atoms with Crippen LogP contribution in [0.1, 0.15) is 26.2 Å². The number of rotatable bonds is 2. The van der Waals surface area contributed by atoms with Crippen LogP contribution >= 0.6 is 0 Å². The minimum atomic E-state index is -0.0835. The van der Waals surface area contributed by atoms with Crippen LogP contribution in [0.15, 0.2) is 0 Å². The molecule has 0 aromatic heterocycles. The molecule has 14 heavy (non-hydrogen) atoms. The lowest BCUT2D eigenvalue weighted by Crippen LogP contribution is -2.43. The largest absolute Gasteiger partial charge is 0.333 e. The fourth-order valence-electron chi connectivity index (χ4n) is 1.70. The Morgan fingerprint density at radius 1 is 1.57 bits per heavy atom. The number of carbonyl (C=O) groups excluding carboxylic acids is 1. The van der Waals surface area contributed by atoms with Gasteiger partial charge in [0, 0.05) is 19.6 Å². The van der Waals surface area contributed by atoms with Crippen LogP contribution in [0.25, 0.3) is 0 Å². The summed E-state index contributed by atoms with van der Waals surface area (Å²) in [4.78, 5) is 13.0. The van der Waals surface area contributed by atoms with Gasteiger partial charge in [0.25, 0.3) is 5.91 Å². The topological polar surface area (TPSA) is 32.3 Å². The van der Waals surface area contributed by atoms with Gasteiger partial charge in [-0.1, -0.05) is 12.3 Å². The average molecular weight is 194 g/mol. The van der Waals surface area contributed by atoms with E-state index in [0.717, 1.165) is 19.5 Å². The minimum Gasteiger partial charge on any atom is -0.333 e. The quantitative estimate of drug-likeness (QED) is 0.653. The lowest BCUT2D eigenvalue weighted by molar-refractivity contribution is -0.124. The first-order valence-electron chi connectivity index (χ1n) is 5.15. The molecular weight excluding hydrogens is 176 g/mol. The highest BCUT2D eigenvalue weighted by atomic mass is 16.2. The number of likely N-dealkylation sites (N-methyl/N-ethyl adjacent to an activating group) is 1. The first kappa shape index (κ1) is 11.1. The Labute approximate surface area is 85.9 Å². The number of nitrogens with one attached hydrogen (secondary N) is 1. The van der Waals surface area contributed by atoms with Gasteiger partial charge >= 0.3 is 0 Å². The van der Waals surface area contributed by atoms with Gasteiger partial charge in [0.2, 0.25) is 0 Å². The highest BCUT2D eigenvalue weighted by Crippen LogP contribution is 2.07. The molecule has 0 spiro atoms. The fraction of sp³-hybridized carbons (Fsp3) is 0.727. The number of hydrogen-bond donors (Lipinski definition) is 1. The van der Waals surface area contributed by atoms with Gasteiger partial charge in [0.15, 0.2) is 0 Å². The molecule has 0 aliphatic carbocycles. The van der Waals surface area contributed by atoms with Crippen molar-refractivity contribution in [3.8, 4) is 11.8 Å². The van der Waals surface area contributed by atoms with Crippen LogP contribution in [0.2, 0.25) is 0 Å². The Balaban J connectivity index is 2.33. The van der Waals surface area contributed by atoms with Gasteiger partial charge in [-0.15, -0.1) is 0 Å². The molecular formula is C11H18N2O. The smallest absolute Gasteiger partial charge is 0.298 e. The maximum absolute atomic E-state index is 11.3. The molecule has 78 valence electrons. The maximum atomic E-state index is 11.3. The summed E-state index contributed by atoms with van der Waals surface area (Å²) in [5.41, 5.74) is 0. The van der Waals surface area contributed by atoms with Crippen LogP contribution in [-0.4, -0.2) is 37.0 Å². The fourth-order valence-corrected chi connectivity index (χ4v) is 1.70. The SMILES string of the molecule is CC#CC(=O)N(C)CC1CCCCN1. The summed E-state index contributed by atoms with van der Waals surface area (Å²) in [5.74, 6) is 5.08. The highest BCUT2D eigenvalue weighted by molar-refractivity contribution is 5.93. The van der Waals surface area contributed by atoms with Crippen LogP contribution in [0.4, 0.5) is 0 Å². The van der Waals surface area contributed by atoms with Gasteiger partial charge in [-0.25, -0.2) is 0 Å². The molecule has 0 saturated carbocycles. The second kappa shape index (κ2) is 5.66. The molecule has 1 heterocycles. The van der Waals surface area contributed by atoms with Crippen molar-refractivity contribution < 1.29 is 4.79 Å². The summed E-state index contributed by atoms with van der Waals surface area (Å²) < 4.78 is 0. The van der Waals surface area contributed by atoms with E-state index in [0.29, 0.717) is 6.04 Å². The van der Waals surface area contributed by atoms with Gasteiger partial charge in [0.05, 0.1) is 0 Å². The van der Waals surface area contributed by atoms with Crippen LogP contribution in [0, 0.1) is 11.8 Å². The van der Waals surface area contributed by atoms with Crippen molar-refractivity contribution in [1.29, 1.82) is 0 Å². The second-order valence-electron chi connectivity index (χ2n) is 3.71. The van der Waals surface area contributed by atoms with E-state index in [1.165, 1.54) is 12.8 Å². The van der Waals surface area contributed by atoms with Crippen molar-refractivity contribution in [1.82, 2.24) is 10.2 Å². The molecule has 1 amide bonds. The van der Waals surface area contributed by atoms with Crippen molar-refractivity contribution in [2.75, 3.05) is 20.1 Å².